The normalized spacial score (nSPS) is 11.6. The Hall–Kier alpha value is -1.68. The lowest BCUT2D eigenvalue weighted by Crippen LogP contribution is -2.42. The van der Waals surface area contributed by atoms with E-state index < -0.39 is 4.92 Å². The molecule has 0 fully saturated rings. The van der Waals surface area contributed by atoms with Crippen LogP contribution in [-0.2, 0) is 12.0 Å². The van der Waals surface area contributed by atoms with E-state index in [0.29, 0.717) is 12.5 Å². The number of benzene rings is 1. The number of nitrogens with one attached hydrogen (secondary N) is 2. The van der Waals surface area contributed by atoms with Gasteiger partial charge in [-0.25, -0.2) is 0 Å². The predicted octanol–water partition coefficient (Wildman–Crippen LogP) is 3.92. The minimum Gasteiger partial charge on any atom is -0.356 e. The fourth-order valence-corrected chi connectivity index (χ4v) is 3.05. The van der Waals surface area contributed by atoms with Crippen LogP contribution in [0.4, 0.5) is 5.69 Å². The van der Waals surface area contributed by atoms with Gasteiger partial charge in [-0.1, -0.05) is 32.0 Å². The highest BCUT2D eigenvalue weighted by molar-refractivity contribution is 14.0. The standard InChI is InChI=1S/C17H22N4O2S.HI/c1-17(2,15-5-4-10-24-15)12-20-16(18-3)19-11-13-6-8-14(9-7-13)21(22)23;/h4-10H,11-12H2,1-3H3,(H2,18,19,20);1H. The molecule has 2 aromatic rings. The lowest BCUT2D eigenvalue weighted by molar-refractivity contribution is -0.384. The summed E-state index contributed by atoms with van der Waals surface area (Å²) in [7, 11) is 1.73. The van der Waals surface area contributed by atoms with Crippen molar-refractivity contribution in [3.63, 3.8) is 0 Å². The molecule has 0 aliphatic rings. The molecule has 0 aliphatic carbocycles. The first-order valence-corrected chi connectivity index (χ1v) is 8.52. The second kappa shape index (κ2) is 9.71. The number of hydrogen-bond acceptors (Lipinski definition) is 4. The predicted molar refractivity (Wildman–Crippen MR) is 114 cm³/mol. The van der Waals surface area contributed by atoms with E-state index in [0.717, 1.165) is 12.1 Å². The average Bonchev–Trinajstić information content (AvgIpc) is 3.11. The Morgan fingerprint density at radius 2 is 1.92 bits per heavy atom. The van der Waals surface area contributed by atoms with Crippen LogP contribution in [-0.4, -0.2) is 24.5 Å². The van der Waals surface area contributed by atoms with Gasteiger partial charge >= 0.3 is 0 Å². The molecule has 0 spiro atoms. The third-order valence-corrected chi connectivity index (χ3v) is 4.95. The van der Waals surface area contributed by atoms with Gasteiger partial charge in [0.2, 0.25) is 0 Å². The van der Waals surface area contributed by atoms with Gasteiger partial charge in [-0.05, 0) is 17.0 Å². The highest BCUT2D eigenvalue weighted by Crippen LogP contribution is 2.26. The number of aliphatic imine (C=N–C) groups is 1. The number of non-ortho nitro benzene ring substituents is 1. The van der Waals surface area contributed by atoms with Gasteiger partial charge in [0.25, 0.3) is 5.69 Å². The molecule has 8 heteroatoms. The van der Waals surface area contributed by atoms with Crippen LogP contribution >= 0.6 is 35.3 Å². The molecule has 0 saturated heterocycles. The summed E-state index contributed by atoms with van der Waals surface area (Å²) in [5.41, 5.74) is 1.07. The number of hydrogen-bond donors (Lipinski definition) is 2. The smallest absolute Gasteiger partial charge is 0.269 e. The summed E-state index contributed by atoms with van der Waals surface area (Å²) >= 11 is 1.75. The Morgan fingerprint density at radius 1 is 1.24 bits per heavy atom. The molecule has 25 heavy (non-hydrogen) atoms. The maximum atomic E-state index is 10.7. The molecule has 1 heterocycles. The van der Waals surface area contributed by atoms with Crippen molar-refractivity contribution in [1.82, 2.24) is 10.6 Å². The van der Waals surface area contributed by atoms with Crippen LogP contribution in [0.5, 0.6) is 0 Å². The Bertz CT molecular complexity index is 700. The van der Waals surface area contributed by atoms with E-state index in [1.54, 1.807) is 30.5 Å². The Kier molecular flexibility index (Phi) is 8.30. The Balaban J connectivity index is 0.00000312. The molecule has 1 aromatic carbocycles. The van der Waals surface area contributed by atoms with Crippen molar-refractivity contribution in [3.05, 3.63) is 62.3 Å². The van der Waals surface area contributed by atoms with Gasteiger partial charge in [-0.2, -0.15) is 0 Å². The molecular formula is C17H23IN4O2S. The van der Waals surface area contributed by atoms with Crippen LogP contribution in [0.25, 0.3) is 0 Å². The third kappa shape index (κ3) is 6.28. The van der Waals surface area contributed by atoms with Gasteiger partial charge in [-0.15, -0.1) is 35.3 Å². The monoisotopic (exact) mass is 474 g/mol. The fourth-order valence-electron chi connectivity index (χ4n) is 2.20. The molecule has 0 aliphatic heterocycles. The number of nitro groups is 1. The number of nitrogens with zero attached hydrogens (tertiary/aromatic N) is 2. The number of thiophene rings is 1. The van der Waals surface area contributed by atoms with Gasteiger partial charge in [-0.3, -0.25) is 15.1 Å². The van der Waals surface area contributed by atoms with Gasteiger partial charge in [0.1, 0.15) is 0 Å². The minimum atomic E-state index is -0.398. The molecule has 0 unspecified atom stereocenters. The fraction of sp³-hybridized carbons (Fsp3) is 0.353. The number of nitro benzene ring substituents is 1. The molecule has 2 rings (SSSR count). The molecule has 0 amide bonds. The van der Waals surface area contributed by atoms with Crippen molar-refractivity contribution >= 4 is 47.0 Å². The Labute approximate surface area is 168 Å². The van der Waals surface area contributed by atoms with E-state index in [1.165, 1.54) is 17.0 Å². The van der Waals surface area contributed by atoms with E-state index in [4.69, 9.17) is 0 Å². The molecular weight excluding hydrogens is 451 g/mol. The van der Waals surface area contributed by atoms with E-state index in [1.807, 2.05) is 0 Å². The largest absolute Gasteiger partial charge is 0.356 e. The van der Waals surface area contributed by atoms with Crippen molar-refractivity contribution in [1.29, 1.82) is 0 Å². The molecule has 0 saturated carbocycles. The van der Waals surface area contributed by atoms with Gasteiger partial charge in [0.15, 0.2) is 5.96 Å². The zero-order valence-electron chi connectivity index (χ0n) is 14.5. The highest BCUT2D eigenvalue weighted by Gasteiger charge is 2.21. The zero-order valence-corrected chi connectivity index (χ0v) is 17.6. The van der Waals surface area contributed by atoms with Gasteiger partial charge in [0, 0.05) is 42.6 Å². The molecule has 6 nitrogen and oxygen atoms in total. The highest BCUT2D eigenvalue weighted by atomic mass is 127. The quantitative estimate of drug-likeness (QED) is 0.219. The van der Waals surface area contributed by atoms with Crippen LogP contribution in [0.3, 0.4) is 0 Å². The maximum Gasteiger partial charge on any atom is 0.269 e. The number of halogens is 1. The van der Waals surface area contributed by atoms with Crippen LogP contribution in [0.2, 0.25) is 0 Å². The third-order valence-electron chi connectivity index (χ3n) is 3.72. The first-order valence-electron chi connectivity index (χ1n) is 7.64. The molecule has 136 valence electrons. The van der Waals surface area contributed by atoms with Crippen LogP contribution in [0.1, 0.15) is 24.3 Å². The number of guanidine groups is 1. The van der Waals surface area contributed by atoms with E-state index in [2.05, 4.69) is 47.0 Å². The van der Waals surface area contributed by atoms with Crippen molar-refractivity contribution in [2.24, 2.45) is 4.99 Å². The summed E-state index contributed by atoms with van der Waals surface area (Å²) in [6.07, 6.45) is 0. The van der Waals surface area contributed by atoms with Crippen LogP contribution in [0, 0.1) is 10.1 Å². The average molecular weight is 474 g/mol. The molecule has 2 N–H and O–H groups in total. The van der Waals surface area contributed by atoms with Crippen molar-refractivity contribution < 1.29 is 4.92 Å². The number of rotatable bonds is 6. The summed E-state index contributed by atoms with van der Waals surface area (Å²) in [5, 5.41) is 19.3. The molecule has 1 aromatic heterocycles. The van der Waals surface area contributed by atoms with E-state index >= 15 is 0 Å². The zero-order chi connectivity index (χ0) is 17.6. The van der Waals surface area contributed by atoms with Gasteiger partial charge in [0.05, 0.1) is 4.92 Å². The van der Waals surface area contributed by atoms with Crippen LogP contribution < -0.4 is 10.6 Å². The lowest BCUT2D eigenvalue weighted by Gasteiger charge is -2.25. The summed E-state index contributed by atoms with van der Waals surface area (Å²) in [6.45, 7) is 5.69. The lowest BCUT2D eigenvalue weighted by atomic mass is 9.91. The van der Waals surface area contributed by atoms with E-state index in [9.17, 15) is 10.1 Å². The van der Waals surface area contributed by atoms with Crippen molar-refractivity contribution in [3.8, 4) is 0 Å². The summed E-state index contributed by atoms with van der Waals surface area (Å²) in [5.74, 6) is 0.706. The first-order chi connectivity index (χ1) is 11.4. The molecule has 0 radical (unpaired) electrons. The second-order valence-corrected chi connectivity index (χ2v) is 7.01. The topological polar surface area (TPSA) is 79.6 Å². The summed E-state index contributed by atoms with van der Waals surface area (Å²) in [6, 6.07) is 10.7. The first kappa shape index (κ1) is 21.4. The molecule has 0 atom stereocenters. The van der Waals surface area contributed by atoms with E-state index in [-0.39, 0.29) is 35.1 Å². The Morgan fingerprint density at radius 3 is 2.44 bits per heavy atom. The van der Waals surface area contributed by atoms with Gasteiger partial charge < -0.3 is 10.6 Å². The molecule has 0 bridgehead atoms. The van der Waals surface area contributed by atoms with Crippen molar-refractivity contribution in [2.45, 2.75) is 25.8 Å². The SMILES string of the molecule is CN=C(NCc1ccc([N+](=O)[O-])cc1)NCC(C)(C)c1cccs1.I. The van der Waals surface area contributed by atoms with Crippen LogP contribution in [0.15, 0.2) is 46.8 Å². The maximum absolute atomic E-state index is 10.7. The summed E-state index contributed by atoms with van der Waals surface area (Å²) in [4.78, 5) is 15.8. The summed E-state index contributed by atoms with van der Waals surface area (Å²) < 4.78 is 0. The second-order valence-electron chi connectivity index (χ2n) is 6.06. The minimum absolute atomic E-state index is 0. The van der Waals surface area contributed by atoms with Crippen molar-refractivity contribution in [2.75, 3.05) is 13.6 Å².